The van der Waals surface area contributed by atoms with Crippen LogP contribution in [0.3, 0.4) is 0 Å². The molecule has 0 radical (unpaired) electrons. The number of allylic oxidation sites excluding steroid dienone is 4. The molecule has 0 aliphatic rings. The molecule has 0 aromatic carbocycles. The van der Waals surface area contributed by atoms with E-state index in [1.165, 1.54) is 36.8 Å². The molecule has 1 N–H and O–H groups in total. The summed E-state index contributed by atoms with van der Waals surface area (Å²) in [7, 11) is 0. The van der Waals surface area contributed by atoms with Crippen LogP contribution < -0.4 is 0 Å². The maximum absolute atomic E-state index is 11.4. The number of ether oxygens (including phenoxy) is 1. The summed E-state index contributed by atoms with van der Waals surface area (Å²) in [4.78, 5) is 11.4. The van der Waals surface area contributed by atoms with Crippen molar-refractivity contribution in [2.24, 2.45) is 17.8 Å². The molecule has 0 bridgehead atoms. The van der Waals surface area contributed by atoms with Gasteiger partial charge in [0.15, 0.2) is 0 Å². The van der Waals surface area contributed by atoms with E-state index >= 15 is 0 Å². The van der Waals surface area contributed by atoms with Crippen LogP contribution >= 0.6 is 0 Å². The molecule has 184 valence electrons. The van der Waals surface area contributed by atoms with Crippen molar-refractivity contribution in [3.05, 3.63) is 35.5 Å². The van der Waals surface area contributed by atoms with Crippen LogP contribution in [-0.4, -0.2) is 24.3 Å². The number of carbonyl (C=O) groups is 1. The predicted octanol–water partition coefficient (Wildman–Crippen LogP) is 8.29. The van der Waals surface area contributed by atoms with Gasteiger partial charge in [0.1, 0.15) is 0 Å². The lowest BCUT2D eigenvalue weighted by molar-refractivity contribution is -0.140. The molecule has 0 heterocycles. The maximum Gasteiger partial charge on any atom is 0.333 e. The van der Waals surface area contributed by atoms with E-state index in [-0.39, 0.29) is 25.1 Å². The minimum absolute atomic E-state index is 0.0261. The Morgan fingerprint density at radius 3 is 2.00 bits per heavy atom. The molecular weight excluding hydrogens is 384 g/mol. The van der Waals surface area contributed by atoms with Gasteiger partial charge < -0.3 is 9.84 Å². The average Bonchev–Trinajstić information content (AvgIpc) is 2.76. The zero-order valence-corrected chi connectivity index (χ0v) is 22.5. The van der Waals surface area contributed by atoms with Gasteiger partial charge in [-0.25, -0.2) is 4.79 Å². The van der Waals surface area contributed by atoms with Crippen molar-refractivity contribution in [3.63, 3.8) is 0 Å². The van der Waals surface area contributed by atoms with Crippen molar-refractivity contribution in [1.29, 1.82) is 0 Å². The SMILES string of the molecule is C=C(C)C(=O)OCC(CO)CC/C(C)=C/C=C(\C)C(C)CCC(C)CC.CC.CCC. The fourth-order valence-electron chi connectivity index (χ4n) is 2.46. The van der Waals surface area contributed by atoms with E-state index in [1.807, 2.05) is 13.8 Å². The molecule has 0 aromatic rings. The quantitative estimate of drug-likeness (QED) is 0.179. The maximum atomic E-state index is 11.4. The first-order valence-electron chi connectivity index (χ1n) is 12.4. The van der Waals surface area contributed by atoms with Crippen LogP contribution in [0.25, 0.3) is 0 Å². The van der Waals surface area contributed by atoms with Gasteiger partial charge in [0.05, 0.1) is 6.61 Å². The van der Waals surface area contributed by atoms with E-state index in [0.717, 1.165) is 18.8 Å². The molecule has 0 saturated carbocycles. The van der Waals surface area contributed by atoms with E-state index in [0.29, 0.717) is 11.5 Å². The Morgan fingerprint density at radius 2 is 1.55 bits per heavy atom. The number of carbonyl (C=O) groups excluding carboxylic acids is 1. The van der Waals surface area contributed by atoms with Crippen LogP contribution in [0.2, 0.25) is 0 Å². The molecule has 0 aromatic heterocycles. The second-order valence-corrected chi connectivity index (χ2v) is 8.59. The Balaban J connectivity index is -0.00000143. The van der Waals surface area contributed by atoms with Crippen molar-refractivity contribution in [2.75, 3.05) is 13.2 Å². The summed E-state index contributed by atoms with van der Waals surface area (Å²) in [5, 5.41) is 9.46. The van der Waals surface area contributed by atoms with Gasteiger partial charge in [-0.3, -0.25) is 0 Å². The Kier molecular flexibility index (Phi) is 25.8. The van der Waals surface area contributed by atoms with E-state index in [2.05, 4.69) is 67.2 Å². The first-order chi connectivity index (χ1) is 14.6. The van der Waals surface area contributed by atoms with Gasteiger partial charge >= 0.3 is 5.97 Å². The third-order valence-corrected chi connectivity index (χ3v) is 5.20. The van der Waals surface area contributed by atoms with Crippen LogP contribution in [0.15, 0.2) is 35.5 Å². The van der Waals surface area contributed by atoms with Crippen molar-refractivity contribution < 1.29 is 14.6 Å². The van der Waals surface area contributed by atoms with Gasteiger partial charge in [-0.15, -0.1) is 0 Å². The van der Waals surface area contributed by atoms with Crippen LogP contribution in [0.1, 0.15) is 108 Å². The Labute approximate surface area is 195 Å². The monoisotopic (exact) mass is 438 g/mol. The second-order valence-electron chi connectivity index (χ2n) is 8.59. The third-order valence-electron chi connectivity index (χ3n) is 5.20. The predicted molar refractivity (Wildman–Crippen MR) is 138 cm³/mol. The molecule has 0 aliphatic heterocycles. The summed E-state index contributed by atoms with van der Waals surface area (Å²) in [6, 6.07) is 0. The van der Waals surface area contributed by atoms with E-state index in [1.54, 1.807) is 6.92 Å². The molecule has 0 amide bonds. The molecule has 0 aliphatic carbocycles. The fourth-order valence-corrected chi connectivity index (χ4v) is 2.46. The van der Waals surface area contributed by atoms with Crippen LogP contribution in [0, 0.1) is 17.8 Å². The zero-order chi connectivity index (χ0) is 24.8. The van der Waals surface area contributed by atoms with Gasteiger partial charge in [0.25, 0.3) is 0 Å². The Hall–Kier alpha value is -1.35. The number of esters is 1. The molecule has 3 nitrogen and oxygen atoms in total. The van der Waals surface area contributed by atoms with Gasteiger partial charge in [-0.2, -0.15) is 0 Å². The lowest BCUT2D eigenvalue weighted by Gasteiger charge is -2.15. The molecule has 3 heteroatoms. The summed E-state index contributed by atoms with van der Waals surface area (Å²) in [6.07, 6.45) is 11.1. The highest BCUT2D eigenvalue weighted by Gasteiger charge is 2.12. The minimum atomic E-state index is -0.388. The van der Waals surface area contributed by atoms with Crippen molar-refractivity contribution >= 4 is 5.97 Å². The number of hydrogen-bond acceptors (Lipinski definition) is 3. The smallest absolute Gasteiger partial charge is 0.333 e. The molecule has 0 fully saturated rings. The lowest BCUT2D eigenvalue weighted by atomic mass is 9.91. The first-order valence-corrected chi connectivity index (χ1v) is 12.4. The van der Waals surface area contributed by atoms with Crippen molar-refractivity contribution in [1.82, 2.24) is 0 Å². The largest absolute Gasteiger partial charge is 0.462 e. The minimum Gasteiger partial charge on any atom is -0.462 e. The summed E-state index contributed by atoms with van der Waals surface area (Å²) in [6.45, 7) is 24.9. The highest BCUT2D eigenvalue weighted by atomic mass is 16.5. The lowest BCUT2D eigenvalue weighted by Crippen LogP contribution is -2.17. The van der Waals surface area contributed by atoms with Gasteiger partial charge in [-0.05, 0) is 51.9 Å². The number of aliphatic hydroxyl groups excluding tert-OH is 1. The number of aliphatic hydroxyl groups is 1. The zero-order valence-electron chi connectivity index (χ0n) is 22.5. The van der Waals surface area contributed by atoms with E-state index in [9.17, 15) is 9.90 Å². The molecule has 3 unspecified atom stereocenters. The fraction of sp³-hybridized carbons (Fsp3) is 0.750. The van der Waals surface area contributed by atoms with Crippen molar-refractivity contribution in [2.45, 2.75) is 108 Å². The summed E-state index contributed by atoms with van der Waals surface area (Å²) in [5.74, 6) is 0.999. The van der Waals surface area contributed by atoms with Crippen LogP contribution in [-0.2, 0) is 9.53 Å². The highest BCUT2D eigenvalue weighted by molar-refractivity contribution is 5.86. The molecule has 31 heavy (non-hydrogen) atoms. The van der Waals surface area contributed by atoms with Crippen molar-refractivity contribution in [3.8, 4) is 0 Å². The molecular formula is C28H54O3. The highest BCUT2D eigenvalue weighted by Crippen LogP contribution is 2.21. The van der Waals surface area contributed by atoms with Crippen LogP contribution in [0.5, 0.6) is 0 Å². The van der Waals surface area contributed by atoms with Gasteiger partial charge in [0.2, 0.25) is 0 Å². The molecule has 3 atom stereocenters. The van der Waals surface area contributed by atoms with E-state index in [4.69, 9.17) is 4.74 Å². The Bertz CT molecular complexity index is 502. The molecule has 0 saturated heterocycles. The van der Waals surface area contributed by atoms with E-state index < -0.39 is 0 Å². The summed E-state index contributed by atoms with van der Waals surface area (Å²) >= 11 is 0. The first kappa shape index (κ1) is 34.3. The van der Waals surface area contributed by atoms with Gasteiger partial charge in [-0.1, -0.05) is 97.6 Å². The molecule has 0 rings (SSSR count). The second kappa shape index (κ2) is 23.3. The summed E-state index contributed by atoms with van der Waals surface area (Å²) < 4.78 is 5.14. The van der Waals surface area contributed by atoms with Gasteiger partial charge in [0, 0.05) is 18.1 Å². The number of rotatable bonds is 13. The topological polar surface area (TPSA) is 46.5 Å². The summed E-state index contributed by atoms with van der Waals surface area (Å²) in [5.41, 5.74) is 3.09. The van der Waals surface area contributed by atoms with Crippen LogP contribution in [0.4, 0.5) is 0 Å². The normalized spacial score (nSPS) is 14.3. The average molecular weight is 439 g/mol. The number of hydrogen-bond donors (Lipinski definition) is 1. The molecule has 0 spiro atoms. The third kappa shape index (κ3) is 21.7. The standard InChI is InChI=1S/C23H40O3.C3H8.C2H6/c1-8-18(4)9-12-20(6)21(7)13-10-19(5)11-14-22(15-24)16-26-23(25)17(2)3;1-3-2;1-2/h10,13,18,20,22,24H,2,8-9,11-12,14-16H2,1,3-7H3;3H2,1-2H3;1-2H3/b19-10+,21-13+;;. The Morgan fingerprint density at radius 1 is 1.00 bits per heavy atom.